The Balaban J connectivity index is 1.50. The van der Waals surface area contributed by atoms with Gasteiger partial charge in [-0.15, -0.1) is 0 Å². The summed E-state index contributed by atoms with van der Waals surface area (Å²) in [7, 11) is 1.63. The zero-order chi connectivity index (χ0) is 18.9. The monoisotopic (exact) mass is 370 g/mol. The number of aromatic nitrogens is 1. The molecule has 0 aliphatic carbocycles. The minimum absolute atomic E-state index is 0.0960. The summed E-state index contributed by atoms with van der Waals surface area (Å²) >= 11 is 0. The maximum Gasteiger partial charge on any atom is 0.322 e. The standard InChI is InChI=1S/C20H26N4O3/c1-26-14-15-27-19-5-3-2-4-18(19)22-20(25)24-12-10-23(11-13-24)16-17-6-8-21-9-7-17/h2-9H,10-16H2,1H3,(H,22,25). The van der Waals surface area contributed by atoms with Crippen molar-refractivity contribution in [3.63, 3.8) is 0 Å². The Kier molecular flexibility index (Phi) is 7.01. The summed E-state index contributed by atoms with van der Waals surface area (Å²) in [5.74, 6) is 0.652. The predicted octanol–water partition coefficient (Wildman–Crippen LogP) is 2.46. The van der Waals surface area contributed by atoms with Gasteiger partial charge in [0.2, 0.25) is 0 Å². The highest BCUT2D eigenvalue weighted by molar-refractivity contribution is 5.91. The van der Waals surface area contributed by atoms with Crippen molar-refractivity contribution in [2.45, 2.75) is 6.54 Å². The van der Waals surface area contributed by atoms with Gasteiger partial charge in [0.25, 0.3) is 0 Å². The number of urea groups is 1. The maximum atomic E-state index is 12.6. The molecular weight excluding hydrogens is 344 g/mol. The van der Waals surface area contributed by atoms with Crippen LogP contribution in [0.3, 0.4) is 0 Å². The quantitative estimate of drug-likeness (QED) is 0.759. The average Bonchev–Trinajstić information content (AvgIpc) is 2.71. The SMILES string of the molecule is COCCOc1ccccc1NC(=O)N1CCN(Cc2ccncc2)CC1. The highest BCUT2D eigenvalue weighted by Gasteiger charge is 2.21. The Morgan fingerprint density at radius 3 is 2.56 bits per heavy atom. The van der Waals surface area contributed by atoms with Crippen LogP contribution in [0.5, 0.6) is 5.75 Å². The Hall–Kier alpha value is -2.64. The fourth-order valence-corrected chi connectivity index (χ4v) is 2.98. The van der Waals surface area contributed by atoms with Crippen molar-refractivity contribution < 1.29 is 14.3 Å². The van der Waals surface area contributed by atoms with E-state index in [9.17, 15) is 4.79 Å². The highest BCUT2D eigenvalue weighted by Crippen LogP contribution is 2.24. The molecule has 1 aromatic carbocycles. The fourth-order valence-electron chi connectivity index (χ4n) is 2.98. The van der Waals surface area contributed by atoms with Crippen molar-refractivity contribution in [2.24, 2.45) is 0 Å². The Bertz CT molecular complexity index is 718. The molecule has 0 spiro atoms. The minimum atomic E-state index is -0.0960. The number of piperazine rings is 1. The van der Waals surface area contributed by atoms with E-state index in [0.29, 0.717) is 37.7 Å². The Morgan fingerprint density at radius 1 is 1.07 bits per heavy atom. The summed E-state index contributed by atoms with van der Waals surface area (Å²) in [6, 6.07) is 11.4. The van der Waals surface area contributed by atoms with Gasteiger partial charge >= 0.3 is 6.03 Å². The van der Waals surface area contributed by atoms with E-state index in [1.54, 1.807) is 7.11 Å². The summed E-state index contributed by atoms with van der Waals surface area (Å²) in [6.07, 6.45) is 3.62. The van der Waals surface area contributed by atoms with Crippen molar-refractivity contribution >= 4 is 11.7 Å². The summed E-state index contributed by atoms with van der Waals surface area (Å²) < 4.78 is 10.7. The van der Waals surface area contributed by atoms with Crippen LogP contribution in [0.1, 0.15) is 5.56 Å². The van der Waals surface area contributed by atoms with E-state index in [4.69, 9.17) is 9.47 Å². The van der Waals surface area contributed by atoms with Crippen LogP contribution in [0, 0.1) is 0 Å². The molecule has 2 aromatic rings. The Labute approximate surface area is 159 Å². The molecular formula is C20H26N4O3. The van der Waals surface area contributed by atoms with Gasteiger partial charge in [-0.05, 0) is 29.8 Å². The number of ether oxygens (including phenoxy) is 2. The molecule has 7 heteroatoms. The first kappa shape index (κ1) is 19.1. The molecule has 2 amide bonds. The highest BCUT2D eigenvalue weighted by atomic mass is 16.5. The molecule has 1 saturated heterocycles. The van der Waals surface area contributed by atoms with Gasteiger partial charge in [-0.3, -0.25) is 9.88 Å². The van der Waals surface area contributed by atoms with Gasteiger partial charge in [0, 0.05) is 52.2 Å². The van der Waals surface area contributed by atoms with Gasteiger partial charge in [0.1, 0.15) is 12.4 Å². The van der Waals surface area contributed by atoms with Crippen LogP contribution >= 0.6 is 0 Å². The van der Waals surface area contributed by atoms with Gasteiger partial charge < -0.3 is 19.7 Å². The van der Waals surface area contributed by atoms with E-state index in [1.165, 1.54) is 5.56 Å². The number of rotatable bonds is 7. The van der Waals surface area contributed by atoms with Gasteiger partial charge in [-0.1, -0.05) is 12.1 Å². The van der Waals surface area contributed by atoms with Crippen molar-refractivity contribution in [3.05, 3.63) is 54.4 Å². The van der Waals surface area contributed by atoms with Gasteiger partial charge in [-0.25, -0.2) is 4.79 Å². The molecule has 0 unspecified atom stereocenters. The molecule has 144 valence electrons. The normalized spacial score (nSPS) is 14.8. The topological polar surface area (TPSA) is 66.9 Å². The number of anilines is 1. The largest absolute Gasteiger partial charge is 0.489 e. The van der Waals surface area contributed by atoms with Crippen molar-refractivity contribution in [1.29, 1.82) is 0 Å². The Morgan fingerprint density at radius 2 is 1.81 bits per heavy atom. The number of amides is 2. The molecule has 2 heterocycles. The molecule has 1 aliphatic rings. The van der Waals surface area contributed by atoms with E-state index in [-0.39, 0.29) is 6.03 Å². The molecule has 0 saturated carbocycles. The molecule has 0 bridgehead atoms. The maximum absolute atomic E-state index is 12.6. The van der Waals surface area contributed by atoms with E-state index >= 15 is 0 Å². The van der Waals surface area contributed by atoms with Crippen LogP contribution in [-0.4, -0.2) is 67.3 Å². The second-order valence-corrected chi connectivity index (χ2v) is 6.39. The summed E-state index contributed by atoms with van der Waals surface area (Å²) in [6.45, 7) is 4.92. The summed E-state index contributed by atoms with van der Waals surface area (Å²) in [4.78, 5) is 20.9. The number of hydrogen-bond donors (Lipinski definition) is 1. The van der Waals surface area contributed by atoms with Crippen molar-refractivity contribution in [1.82, 2.24) is 14.8 Å². The number of hydrogen-bond acceptors (Lipinski definition) is 5. The number of para-hydroxylation sites is 2. The lowest BCUT2D eigenvalue weighted by atomic mass is 10.2. The van der Waals surface area contributed by atoms with Crippen LogP contribution in [0.4, 0.5) is 10.5 Å². The molecule has 0 radical (unpaired) electrons. The van der Waals surface area contributed by atoms with Crippen LogP contribution < -0.4 is 10.1 Å². The molecule has 7 nitrogen and oxygen atoms in total. The zero-order valence-corrected chi connectivity index (χ0v) is 15.6. The first-order valence-electron chi connectivity index (χ1n) is 9.14. The van der Waals surface area contributed by atoms with E-state index < -0.39 is 0 Å². The molecule has 1 aliphatic heterocycles. The van der Waals surface area contributed by atoms with Crippen LogP contribution in [0.15, 0.2) is 48.8 Å². The molecule has 1 fully saturated rings. The zero-order valence-electron chi connectivity index (χ0n) is 15.6. The third-order valence-corrected chi connectivity index (χ3v) is 4.49. The number of nitrogens with one attached hydrogen (secondary N) is 1. The fraction of sp³-hybridized carbons (Fsp3) is 0.400. The van der Waals surface area contributed by atoms with Crippen LogP contribution in [-0.2, 0) is 11.3 Å². The number of benzene rings is 1. The second-order valence-electron chi connectivity index (χ2n) is 6.39. The first-order chi connectivity index (χ1) is 13.3. The van der Waals surface area contributed by atoms with E-state index in [1.807, 2.05) is 53.7 Å². The number of nitrogens with zero attached hydrogens (tertiary/aromatic N) is 3. The number of pyridine rings is 1. The smallest absolute Gasteiger partial charge is 0.322 e. The first-order valence-corrected chi connectivity index (χ1v) is 9.14. The van der Waals surface area contributed by atoms with Gasteiger partial charge in [-0.2, -0.15) is 0 Å². The van der Waals surface area contributed by atoms with Crippen LogP contribution in [0.25, 0.3) is 0 Å². The lowest BCUT2D eigenvalue weighted by Gasteiger charge is -2.34. The lowest BCUT2D eigenvalue weighted by Crippen LogP contribution is -2.49. The third kappa shape index (κ3) is 5.67. The average molecular weight is 370 g/mol. The molecule has 0 atom stereocenters. The van der Waals surface area contributed by atoms with Crippen LogP contribution in [0.2, 0.25) is 0 Å². The van der Waals surface area contributed by atoms with Crippen molar-refractivity contribution in [3.8, 4) is 5.75 Å². The summed E-state index contributed by atoms with van der Waals surface area (Å²) in [5, 5.41) is 2.97. The molecule has 3 rings (SSSR count). The van der Waals surface area contributed by atoms with Crippen molar-refractivity contribution in [2.75, 3.05) is 51.8 Å². The van der Waals surface area contributed by atoms with E-state index in [2.05, 4.69) is 15.2 Å². The molecule has 1 N–H and O–H groups in total. The lowest BCUT2D eigenvalue weighted by molar-refractivity contribution is 0.142. The third-order valence-electron chi connectivity index (χ3n) is 4.49. The predicted molar refractivity (Wildman–Crippen MR) is 104 cm³/mol. The van der Waals surface area contributed by atoms with E-state index in [0.717, 1.165) is 19.6 Å². The molecule has 27 heavy (non-hydrogen) atoms. The number of carbonyl (C=O) groups excluding carboxylic acids is 1. The van der Waals surface area contributed by atoms with Gasteiger partial charge in [0.15, 0.2) is 0 Å². The second kappa shape index (κ2) is 9.89. The molecule has 1 aromatic heterocycles. The summed E-state index contributed by atoms with van der Waals surface area (Å²) in [5.41, 5.74) is 1.92. The number of carbonyl (C=O) groups is 1. The van der Waals surface area contributed by atoms with Gasteiger partial charge in [0.05, 0.1) is 12.3 Å². The number of methoxy groups -OCH3 is 1. The minimum Gasteiger partial charge on any atom is -0.489 e.